The van der Waals surface area contributed by atoms with Crippen molar-refractivity contribution in [2.24, 2.45) is 0 Å². The van der Waals surface area contributed by atoms with Gasteiger partial charge in [-0.05, 0) is 11.8 Å². The average Bonchev–Trinajstić information content (AvgIpc) is 1.69. The normalized spacial score (nSPS) is 15.0. The lowest BCUT2D eigenvalue weighted by molar-refractivity contribution is 0.475. The second-order valence-corrected chi connectivity index (χ2v) is 1.51. The highest BCUT2D eigenvalue weighted by Gasteiger charge is 1.91. The van der Waals surface area contributed by atoms with Crippen LogP contribution in [0.25, 0.3) is 0 Å². The fourth-order valence-corrected chi connectivity index (χ4v) is 0.338. The van der Waals surface area contributed by atoms with E-state index in [9.17, 15) is 0 Å². The van der Waals surface area contributed by atoms with Gasteiger partial charge in [0.1, 0.15) is 17.5 Å². The molecule has 34 valence electrons. The van der Waals surface area contributed by atoms with Crippen LogP contribution in [0.4, 0.5) is 0 Å². The first-order chi connectivity index (χ1) is 3.39. The SMILES string of the molecule is SC1C#COC#C1. The van der Waals surface area contributed by atoms with Crippen LogP contribution in [0.5, 0.6) is 0 Å². The van der Waals surface area contributed by atoms with E-state index in [0.717, 1.165) is 0 Å². The molecule has 2 heteroatoms. The first-order valence-electron chi connectivity index (χ1n) is 1.74. The Morgan fingerprint density at radius 1 is 1.29 bits per heavy atom. The van der Waals surface area contributed by atoms with E-state index < -0.39 is 0 Å². The van der Waals surface area contributed by atoms with Gasteiger partial charge in [-0.1, -0.05) is 0 Å². The summed E-state index contributed by atoms with van der Waals surface area (Å²) in [5, 5.41) is -0.117. The Morgan fingerprint density at radius 2 is 1.86 bits per heavy atom. The molecule has 0 aliphatic carbocycles. The molecule has 0 spiro atoms. The zero-order chi connectivity index (χ0) is 5.11. The fourth-order valence-electron chi connectivity index (χ4n) is 0.232. The third kappa shape index (κ3) is 1.07. The zero-order valence-corrected chi connectivity index (χ0v) is 4.33. The van der Waals surface area contributed by atoms with Crippen LogP contribution >= 0.6 is 12.6 Å². The van der Waals surface area contributed by atoms with E-state index in [1.54, 1.807) is 0 Å². The topological polar surface area (TPSA) is 9.23 Å². The minimum Gasteiger partial charge on any atom is -0.357 e. The van der Waals surface area contributed by atoms with Crippen molar-refractivity contribution in [3.05, 3.63) is 0 Å². The van der Waals surface area contributed by atoms with Crippen LogP contribution < -0.4 is 0 Å². The van der Waals surface area contributed by atoms with Crippen LogP contribution in [0, 0.1) is 24.1 Å². The molecule has 1 aliphatic heterocycles. The lowest BCUT2D eigenvalue weighted by Gasteiger charge is -1.89. The van der Waals surface area contributed by atoms with E-state index >= 15 is 0 Å². The molecule has 0 unspecified atom stereocenters. The van der Waals surface area contributed by atoms with Gasteiger partial charge < -0.3 is 4.74 Å². The van der Waals surface area contributed by atoms with E-state index in [-0.39, 0.29) is 5.25 Å². The fraction of sp³-hybridized carbons (Fsp3) is 0.200. The predicted molar refractivity (Wildman–Crippen MR) is 29.4 cm³/mol. The highest BCUT2D eigenvalue weighted by atomic mass is 32.1. The molecule has 0 N–H and O–H groups in total. The number of hydrogen-bond donors (Lipinski definition) is 1. The van der Waals surface area contributed by atoms with E-state index in [0.29, 0.717) is 0 Å². The Balaban J connectivity index is 2.64. The molecule has 0 amide bonds. The highest BCUT2D eigenvalue weighted by Crippen LogP contribution is 1.91. The Bertz CT molecular complexity index is 156. The van der Waals surface area contributed by atoms with Crippen LogP contribution in [-0.4, -0.2) is 5.25 Å². The minimum atomic E-state index is -0.117. The van der Waals surface area contributed by atoms with Crippen LogP contribution in [0.1, 0.15) is 0 Å². The molecule has 7 heavy (non-hydrogen) atoms. The molecular weight excluding hydrogens is 108 g/mol. The van der Waals surface area contributed by atoms with Gasteiger partial charge in [0.15, 0.2) is 0 Å². The Labute approximate surface area is 47.5 Å². The molecule has 1 aliphatic rings. The first-order valence-corrected chi connectivity index (χ1v) is 2.26. The third-order valence-electron chi connectivity index (χ3n) is 0.493. The van der Waals surface area contributed by atoms with Crippen molar-refractivity contribution < 1.29 is 4.74 Å². The monoisotopic (exact) mass is 110 g/mol. The van der Waals surface area contributed by atoms with Crippen molar-refractivity contribution in [3.63, 3.8) is 0 Å². The first kappa shape index (κ1) is 4.43. The second kappa shape index (κ2) is 1.82. The van der Waals surface area contributed by atoms with Gasteiger partial charge in [0.05, 0.1) is 0 Å². The molecule has 0 saturated heterocycles. The van der Waals surface area contributed by atoms with Crippen LogP contribution in [0.2, 0.25) is 0 Å². The molecular formula is C5H2OS. The summed E-state index contributed by atoms with van der Waals surface area (Å²) in [5.74, 6) is 5.20. The van der Waals surface area contributed by atoms with Crippen LogP contribution in [0.15, 0.2) is 0 Å². The molecule has 0 atom stereocenters. The van der Waals surface area contributed by atoms with Gasteiger partial charge in [-0.15, -0.1) is 12.6 Å². The summed E-state index contributed by atoms with van der Waals surface area (Å²) in [6, 6.07) is 0. The summed E-state index contributed by atoms with van der Waals surface area (Å²) in [5.41, 5.74) is 0. The predicted octanol–water partition coefficient (Wildman–Crippen LogP) is 0.237. The van der Waals surface area contributed by atoms with Crippen molar-refractivity contribution in [2.45, 2.75) is 5.25 Å². The van der Waals surface area contributed by atoms with E-state index in [1.807, 2.05) is 0 Å². The Hall–Kier alpha value is -0.730. The summed E-state index contributed by atoms with van der Waals surface area (Å²) in [4.78, 5) is 0. The van der Waals surface area contributed by atoms with Crippen molar-refractivity contribution in [1.82, 2.24) is 0 Å². The molecule has 0 saturated carbocycles. The van der Waals surface area contributed by atoms with Gasteiger partial charge in [0.25, 0.3) is 0 Å². The lowest BCUT2D eigenvalue weighted by atomic mass is 10.4. The van der Waals surface area contributed by atoms with Gasteiger partial charge in [0, 0.05) is 0 Å². The van der Waals surface area contributed by atoms with Gasteiger partial charge in [0.2, 0.25) is 0 Å². The quantitative estimate of drug-likeness (QED) is 0.347. The molecule has 0 aromatic rings. The highest BCUT2D eigenvalue weighted by molar-refractivity contribution is 7.81. The molecule has 0 aromatic carbocycles. The standard InChI is InChI=1S/C5H2OS/c7-5-1-3-6-4-2-5/h5,7H. The summed E-state index contributed by atoms with van der Waals surface area (Å²) in [6.45, 7) is 0. The second-order valence-electron chi connectivity index (χ2n) is 0.997. The average molecular weight is 110 g/mol. The van der Waals surface area contributed by atoms with Crippen molar-refractivity contribution in [3.8, 4) is 24.1 Å². The van der Waals surface area contributed by atoms with E-state index in [1.165, 1.54) is 0 Å². The Kier molecular flexibility index (Phi) is 1.15. The van der Waals surface area contributed by atoms with Gasteiger partial charge in [-0.25, -0.2) is 0 Å². The summed E-state index contributed by atoms with van der Waals surface area (Å²) in [6.07, 6.45) is 4.67. The van der Waals surface area contributed by atoms with Crippen LogP contribution in [-0.2, 0) is 4.74 Å². The van der Waals surface area contributed by atoms with E-state index in [2.05, 4.69) is 41.4 Å². The summed E-state index contributed by atoms with van der Waals surface area (Å²) in [7, 11) is 0. The molecule has 0 aromatic heterocycles. The van der Waals surface area contributed by atoms with Gasteiger partial charge >= 0.3 is 0 Å². The molecule has 1 rings (SSSR count). The number of thiol groups is 1. The maximum atomic E-state index is 4.37. The third-order valence-corrected chi connectivity index (χ3v) is 0.752. The molecule has 1 nitrogen and oxygen atoms in total. The lowest BCUT2D eigenvalue weighted by Crippen LogP contribution is -1.91. The number of hydrogen-bond acceptors (Lipinski definition) is 2. The molecule has 0 bridgehead atoms. The van der Waals surface area contributed by atoms with Crippen molar-refractivity contribution in [1.29, 1.82) is 0 Å². The van der Waals surface area contributed by atoms with Gasteiger partial charge in [-0.3, -0.25) is 0 Å². The molecule has 1 heterocycles. The summed E-state index contributed by atoms with van der Waals surface area (Å²) >= 11 is 3.93. The number of ether oxygens (including phenoxy) is 1. The molecule has 0 radical (unpaired) electrons. The largest absolute Gasteiger partial charge is 0.357 e. The van der Waals surface area contributed by atoms with Crippen LogP contribution in [0.3, 0.4) is 0 Å². The van der Waals surface area contributed by atoms with Crippen molar-refractivity contribution in [2.75, 3.05) is 0 Å². The van der Waals surface area contributed by atoms with Gasteiger partial charge in [-0.2, -0.15) is 0 Å². The van der Waals surface area contributed by atoms with E-state index in [4.69, 9.17) is 0 Å². The summed E-state index contributed by atoms with van der Waals surface area (Å²) < 4.78 is 4.37. The van der Waals surface area contributed by atoms with Crippen molar-refractivity contribution >= 4 is 12.6 Å². The maximum Gasteiger partial charge on any atom is 0.132 e. The Morgan fingerprint density at radius 3 is 2.14 bits per heavy atom. The maximum absolute atomic E-state index is 4.37. The smallest absolute Gasteiger partial charge is 0.132 e. The molecule has 0 fully saturated rings. The zero-order valence-electron chi connectivity index (χ0n) is 3.43. The number of rotatable bonds is 0. The minimum absolute atomic E-state index is 0.117.